The van der Waals surface area contributed by atoms with Crippen LogP contribution in [0.15, 0.2) is 0 Å². The van der Waals surface area contributed by atoms with Crippen LogP contribution in [-0.2, 0) is 0 Å². The maximum Gasteiger partial charge on any atom is 0.0121 e. The summed E-state index contributed by atoms with van der Waals surface area (Å²) < 4.78 is 0. The van der Waals surface area contributed by atoms with Crippen LogP contribution >= 0.6 is 0 Å². The van der Waals surface area contributed by atoms with E-state index in [-0.39, 0.29) is 0 Å². The molecule has 1 fully saturated rings. The van der Waals surface area contributed by atoms with Gasteiger partial charge < -0.3 is 5.32 Å². The molecular weight excluding hydrogens is 194 g/mol. The molecule has 0 aromatic rings. The van der Waals surface area contributed by atoms with Crippen LogP contribution < -0.4 is 5.32 Å². The lowest BCUT2D eigenvalue weighted by Crippen LogP contribution is -2.42. The Balaban J connectivity index is 2.21. The third-order valence-corrected chi connectivity index (χ3v) is 4.16. The Kier molecular flexibility index (Phi) is 5.30. The molecule has 1 rings (SSSR count). The second-order valence-corrected chi connectivity index (χ2v) is 6.83. The average molecular weight is 225 g/mol. The van der Waals surface area contributed by atoms with Gasteiger partial charge in [-0.15, -0.1) is 0 Å². The van der Waals surface area contributed by atoms with Crippen LogP contribution in [-0.4, -0.2) is 12.1 Å². The van der Waals surface area contributed by atoms with Crippen molar-refractivity contribution in [2.75, 3.05) is 0 Å². The van der Waals surface area contributed by atoms with E-state index in [1.807, 2.05) is 0 Å². The molecule has 0 aliphatic heterocycles. The molecular formula is C15H31N. The molecule has 1 heteroatoms. The summed E-state index contributed by atoms with van der Waals surface area (Å²) in [6.07, 6.45) is 8.26. The number of hydrogen-bond acceptors (Lipinski definition) is 1. The molecule has 0 aromatic carbocycles. The molecule has 2 atom stereocenters. The quantitative estimate of drug-likeness (QED) is 0.708. The summed E-state index contributed by atoms with van der Waals surface area (Å²) in [6.45, 7) is 11.8. The first-order chi connectivity index (χ1) is 7.42. The maximum absolute atomic E-state index is 3.84. The highest BCUT2D eigenvalue weighted by Crippen LogP contribution is 2.37. The Bertz CT molecular complexity index is 196. The van der Waals surface area contributed by atoms with Gasteiger partial charge in [0.25, 0.3) is 0 Å². The van der Waals surface area contributed by atoms with Gasteiger partial charge in [-0.25, -0.2) is 0 Å². The third kappa shape index (κ3) is 4.45. The van der Waals surface area contributed by atoms with E-state index in [0.717, 1.165) is 12.0 Å². The minimum Gasteiger partial charge on any atom is -0.311 e. The second kappa shape index (κ2) is 6.05. The lowest BCUT2D eigenvalue weighted by atomic mass is 9.87. The highest BCUT2D eigenvalue weighted by Gasteiger charge is 2.34. The molecule has 0 spiro atoms. The third-order valence-electron chi connectivity index (χ3n) is 4.16. The number of nitrogens with one attached hydrogen (secondary N) is 1. The van der Waals surface area contributed by atoms with E-state index in [0.29, 0.717) is 11.5 Å². The minimum absolute atomic E-state index is 0.520. The molecule has 0 saturated heterocycles. The molecule has 1 nitrogen and oxygen atoms in total. The van der Waals surface area contributed by atoms with E-state index in [9.17, 15) is 0 Å². The van der Waals surface area contributed by atoms with Gasteiger partial charge in [0.15, 0.2) is 0 Å². The van der Waals surface area contributed by atoms with Gasteiger partial charge >= 0.3 is 0 Å². The smallest absolute Gasteiger partial charge is 0.0121 e. The van der Waals surface area contributed by atoms with Gasteiger partial charge in [0.1, 0.15) is 0 Å². The normalized spacial score (nSPS) is 26.2. The number of hydrogen-bond donors (Lipinski definition) is 1. The topological polar surface area (TPSA) is 12.0 Å². The lowest BCUT2D eigenvalue weighted by molar-refractivity contribution is 0.259. The van der Waals surface area contributed by atoms with Crippen LogP contribution in [0.25, 0.3) is 0 Å². The summed E-state index contributed by atoms with van der Waals surface area (Å²) >= 11 is 0. The fourth-order valence-corrected chi connectivity index (χ4v) is 2.89. The monoisotopic (exact) mass is 225 g/mol. The molecule has 0 radical (unpaired) electrons. The molecule has 2 unspecified atom stereocenters. The average Bonchev–Trinajstić information content (AvgIpc) is 2.45. The Morgan fingerprint density at radius 3 is 2.38 bits per heavy atom. The molecule has 1 aliphatic rings. The molecule has 0 bridgehead atoms. The molecule has 1 aliphatic carbocycles. The SMILES string of the molecule is CC(C)CCCC(C)NC1CCCC1(C)C. The van der Waals surface area contributed by atoms with E-state index in [2.05, 4.69) is 39.9 Å². The van der Waals surface area contributed by atoms with Gasteiger partial charge in [0, 0.05) is 12.1 Å². The summed E-state index contributed by atoms with van der Waals surface area (Å²) in [5, 5.41) is 3.84. The van der Waals surface area contributed by atoms with E-state index in [4.69, 9.17) is 0 Å². The van der Waals surface area contributed by atoms with Gasteiger partial charge in [-0.2, -0.15) is 0 Å². The largest absolute Gasteiger partial charge is 0.311 e. The zero-order valence-corrected chi connectivity index (χ0v) is 12.0. The van der Waals surface area contributed by atoms with Crippen molar-refractivity contribution in [3.8, 4) is 0 Å². The fraction of sp³-hybridized carbons (Fsp3) is 1.00. The van der Waals surface area contributed by atoms with E-state index in [1.54, 1.807) is 0 Å². The Labute approximate surface area is 102 Å². The van der Waals surface area contributed by atoms with Crippen molar-refractivity contribution in [1.29, 1.82) is 0 Å². The zero-order valence-electron chi connectivity index (χ0n) is 12.0. The molecule has 96 valence electrons. The van der Waals surface area contributed by atoms with E-state index >= 15 is 0 Å². The van der Waals surface area contributed by atoms with E-state index in [1.165, 1.54) is 38.5 Å². The highest BCUT2D eigenvalue weighted by molar-refractivity contribution is 4.91. The summed E-state index contributed by atoms with van der Waals surface area (Å²) in [4.78, 5) is 0. The van der Waals surface area contributed by atoms with Gasteiger partial charge in [0.05, 0.1) is 0 Å². The van der Waals surface area contributed by atoms with Gasteiger partial charge in [-0.05, 0) is 37.5 Å². The van der Waals surface area contributed by atoms with E-state index < -0.39 is 0 Å². The summed E-state index contributed by atoms with van der Waals surface area (Å²) in [5.74, 6) is 0.857. The molecule has 1 saturated carbocycles. The molecule has 1 N–H and O–H groups in total. The van der Waals surface area contributed by atoms with Gasteiger partial charge in [-0.3, -0.25) is 0 Å². The first-order valence-electron chi connectivity index (χ1n) is 7.18. The molecule has 0 aromatic heterocycles. The second-order valence-electron chi connectivity index (χ2n) is 6.83. The van der Waals surface area contributed by atoms with Crippen molar-refractivity contribution < 1.29 is 0 Å². The first kappa shape index (κ1) is 14.0. The lowest BCUT2D eigenvalue weighted by Gasteiger charge is -2.31. The van der Waals surface area contributed by atoms with Crippen LogP contribution in [0, 0.1) is 11.3 Å². The maximum atomic E-state index is 3.84. The highest BCUT2D eigenvalue weighted by atomic mass is 15.0. The Morgan fingerprint density at radius 2 is 1.88 bits per heavy atom. The predicted molar refractivity (Wildman–Crippen MR) is 72.7 cm³/mol. The van der Waals surface area contributed by atoms with Crippen LogP contribution in [0.2, 0.25) is 0 Å². The fourth-order valence-electron chi connectivity index (χ4n) is 2.89. The van der Waals surface area contributed by atoms with Crippen molar-refractivity contribution >= 4 is 0 Å². The molecule has 0 amide bonds. The summed E-state index contributed by atoms with van der Waals surface area (Å²) in [7, 11) is 0. The van der Waals surface area contributed by atoms with Crippen LogP contribution in [0.3, 0.4) is 0 Å². The molecule has 16 heavy (non-hydrogen) atoms. The van der Waals surface area contributed by atoms with Crippen molar-refractivity contribution in [3.63, 3.8) is 0 Å². The zero-order chi connectivity index (χ0) is 12.2. The Hall–Kier alpha value is -0.0400. The standard InChI is InChI=1S/C15H31N/c1-12(2)8-6-9-13(3)16-14-10-7-11-15(14,4)5/h12-14,16H,6-11H2,1-5H3. The predicted octanol–water partition coefficient (Wildman–Crippen LogP) is 4.37. The summed E-state index contributed by atoms with van der Waals surface area (Å²) in [6, 6.07) is 1.45. The van der Waals surface area contributed by atoms with Crippen molar-refractivity contribution in [2.45, 2.75) is 85.2 Å². The summed E-state index contributed by atoms with van der Waals surface area (Å²) in [5.41, 5.74) is 0.520. The van der Waals surface area contributed by atoms with Crippen molar-refractivity contribution in [3.05, 3.63) is 0 Å². The minimum atomic E-state index is 0.520. The van der Waals surface area contributed by atoms with Crippen LogP contribution in [0.5, 0.6) is 0 Å². The van der Waals surface area contributed by atoms with Crippen molar-refractivity contribution in [2.24, 2.45) is 11.3 Å². The van der Waals surface area contributed by atoms with Crippen LogP contribution in [0.1, 0.15) is 73.1 Å². The Morgan fingerprint density at radius 1 is 1.19 bits per heavy atom. The molecule has 0 heterocycles. The van der Waals surface area contributed by atoms with Crippen molar-refractivity contribution in [1.82, 2.24) is 5.32 Å². The van der Waals surface area contributed by atoms with Crippen LogP contribution in [0.4, 0.5) is 0 Å². The van der Waals surface area contributed by atoms with Gasteiger partial charge in [-0.1, -0.05) is 47.0 Å². The number of rotatable bonds is 6. The van der Waals surface area contributed by atoms with Gasteiger partial charge in [0.2, 0.25) is 0 Å². The first-order valence-corrected chi connectivity index (χ1v) is 7.18.